The molecule has 1 saturated carbocycles. The van der Waals surface area contributed by atoms with Crippen LogP contribution in [0.1, 0.15) is 49.3 Å². The van der Waals surface area contributed by atoms with Gasteiger partial charge in [0.25, 0.3) is 0 Å². The first-order chi connectivity index (χ1) is 9.94. The van der Waals surface area contributed by atoms with E-state index in [-0.39, 0.29) is 12.5 Å². The van der Waals surface area contributed by atoms with E-state index in [2.05, 4.69) is 38.2 Å². The molecule has 3 nitrogen and oxygen atoms in total. The first kappa shape index (κ1) is 16.0. The Morgan fingerprint density at radius 2 is 1.95 bits per heavy atom. The third kappa shape index (κ3) is 4.07. The molecular weight excluding hydrogens is 262 g/mol. The van der Waals surface area contributed by atoms with Crippen LogP contribution in [0.2, 0.25) is 0 Å². The number of aliphatic hydroxyl groups excluding tert-OH is 1. The van der Waals surface area contributed by atoms with Gasteiger partial charge < -0.3 is 10.4 Å². The highest BCUT2D eigenvalue weighted by atomic mass is 16.3. The molecule has 1 fully saturated rings. The van der Waals surface area contributed by atoms with Gasteiger partial charge in [-0.1, -0.05) is 25.1 Å². The Bertz CT molecular complexity index is 502. The van der Waals surface area contributed by atoms with Gasteiger partial charge in [0.1, 0.15) is 0 Å². The second-order valence-corrected chi connectivity index (χ2v) is 6.76. The second-order valence-electron chi connectivity index (χ2n) is 6.76. The first-order valence-corrected chi connectivity index (χ1v) is 7.92. The molecule has 0 spiro atoms. The first-order valence-electron chi connectivity index (χ1n) is 7.92. The fraction of sp³-hybridized carbons (Fsp3) is 0.611. The Morgan fingerprint density at radius 3 is 2.52 bits per heavy atom. The van der Waals surface area contributed by atoms with Gasteiger partial charge in [-0.25, -0.2) is 0 Å². The van der Waals surface area contributed by atoms with Crippen molar-refractivity contribution >= 4 is 5.91 Å². The van der Waals surface area contributed by atoms with Gasteiger partial charge in [0.15, 0.2) is 0 Å². The fourth-order valence-corrected chi connectivity index (χ4v) is 3.08. The van der Waals surface area contributed by atoms with Crippen LogP contribution >= 0.6 is 0 Å². The van der Waals surface area contributed by atoms with Gasteiger partial charge in [-0.3, -0.25) is 4.79 Å². The van der Waals surface area contributed by atoms with Crippen LogP contribution in [0.3, 0.4) is 0 Å². The van der Waals surface area contributed by atoms with Crippen molar-refractivity contribution < 1.29 is 9.90 Å². The molecule has 1 aliphatic carbocycles. The lowest BCUT2D eigenvalue weighted by molar-refractivity contribution is -0.123. The lowest BCUT2D eigenvalue weighted by atomic mass is 9.77. The number of amides is 1. The van der Waals surface area contributed by atoms with Gasteiger partial charge >= 0.3 is 0 Å². The van der Waals surface area contributed by atoms with Crippen LogP contribution in [-0.2, 0) is 11.2 Å². The summed E-state index contributed by atoms with van der Waals surface area (Å²) in [5, 5.41) is 12.8. The molecule has 3 heteroatoms. The Kier molecular flexibility index (Phi) is 5.04. The smallest absolute Gasteiger partial charge is 0.224 e. The van der Waals surface area contributed by atoms with Crippen molar-refractivity contribution in [3.05, 3.63) is 34.9 Å². The van der Waals surface area contributed by atoms with Crippen LogP contribution in [0.5, 0.6) is 0 Å². The van der Waals surface area contributed by atoms with Gasteiger partial charge in [0.2, 0.25) is 5.91 Å². The fourth-order valence-electron chi connectivity index (χ4n) is 3.08. The van der Waals surface area contributed by atoms with Crippen LogP contribution < -0.4 is 5.32 Å². The largest absolute Gasteiger partial charge is 0.394 e. The third-order valence-corrected chi connectivity index (χ3v) is 4.87. The number of benzene rings is 1. The number of carbonyl (C=O) groups excluding carboxylic acids is 1. The van der Waals surface area contributed by atoms with Crippen LogP contribution in [0.25, 0.3) is 0 Å². The van der Waals surface area contributed by atoms with Crippen LogP contribution in [0.15, 0.2) is 18.2 Å². The third-order valence-electron chi connectivity index (χ3n) is 4.87. The van der Waals surface area contributed by atoms with Crippen LogP contribution in [-0.4, -0.2) is 23.2 Å². The van der Waals surface area contributed by atoms with Gasteiger partial charge in [-0.05, 0) is 62.1 Å². The molecule has 0 unspecified atom stereocenters. The number of rotatable bonds is 4. The number of nitrogens with one attached hydrogen (secondary N) is 1. The van der Waals surface area contributed by atoms with Crippen molar-refractivity contribution in [2.75, 3.05) is 6.61 Å². The Labute approximate surface area is 127 Å². The Hall–Kier alpha value is -1.35. The van der Waals surface area contributed by atoms with Gasteiger partial charge in [-0.2, -0.15) is 0 Å². The normalized spacial score (nSPS) is 25.6. The van der Waals surface area contributed by atoms with Crippen molar-refractivity contribution in [2.24, 2.45) is 5.92 Å². The Balaban J connectivity index is 1.98. The molecule has 1 aromatic rings. The molecule has 0 aromatic heterocycles. The molecule has 21 heavy (non-hydrogen) atoms. The van der Waals surface area contributed by atoms with Crippen LogP contribution in [0, 0.1) is 19.8 Å². The van der Waals surface area contributed by atoms with E-state index in [1.165, 1.54) is 11.1 Å². The maximum absolute atomic E-state index is 12.3. The van der Waals surface area contributed by atoms with E-state index in [0.29, 0.717) is 12.3 Å². The predicted octanol–water partition coefficient (Wildman–Crippen LogP) is 2.90. The molecule has 2 N–H and O–H groups in total. The zero-order valence-electron chi connectivity index (χ0n) is 13.4. The van der Waals surface area contributed by atoms with E-state index in [0.717, 1.165) is 31.2 Å². The molecule has 0 heterocycles. The number of carbonyl (C=O) groups is 1. The standard InChI is InChI=1S/C18H27NO2/c1-13-6-8-18(12-20,9-7-13)19-17(21)11-16-5-4-14(2)15(3)10-16/h4-5,10,13,20H,6-9,11-12H2,1-3H3,(H,19,21). The summed E-state index contributed by atoms with van der Waals surface area (Å²) in [5.41, 5.74) is 3.09. The minimum absolute atomic E-state index is 0.0156. The number of aryl methyl sites for hydroxylation is 2. The molecule has 1 amide bonds. The summed E-state index contributed by atoms with van der Waals surface area (Å²) < 4.78 is 0. The minimum atomic E-state index is -0.399. The number of hydrogen-bond donors (Lipinski definition) is 2. The summed E-state index contributed by atoms with van der Waals surface area (Å²) in [4.78, 5) is 12.3. The topological polar surface area (TPSA) is 49.3 Å². The summed E-state index contributed by atoms with van der Waals surface area (Å²) in [5.74, 6) is 0.711. The second kappa shape index (κ2) is 6.61. The number of hydrogen-bond acceptors (Lipinski definition) is 2. The summed E-state index contributed by atoms with van der Waals surface area (Å²) in [6.45, 7) is 6.41. The molecule has 2 rings (SSSR count). The molecule has 0 atom stereocenters. The molecular formula is C18H27NO2. The van der Waals surface area contributed by atoms with E-state index in [1.807, 2.05) is 6.07 Å². The molecule has 1 aromatic carbocycles. The van der Waals surface area contributed by atoms with Crippen molar-refractivity contribution in [3.63, 3.8) is 0 Å². The van der Waals surface area contributed by atoms with E-state index < -0.39 is 5.54 Å². The summed E-state index contributed by atoms with van der Waals surface area (Å²) in [7, 11) is 0. The maximum atomic E-state index is 12.3. The quantitative estimate of drug-likeness (QED) is 0.895. The number of aliphatic hydroxyl groups is 1. The summed E-state index contributed by atoms with van der Waals surface area (Å²) in [6, 6.07) is 6.14. The average molecular weight is 289 g/mol. The molecule has 116 valence electrons. The SMILES string of the molecule is Cc1ccc(CC(=O)NC2(CO)CCC(C)CC2)cc1C. The van der Waals surface area contributed by atoms with Crippen molar-refractivity contribution in [3.8, 4) is 0 Å². The predicted molar refractivity (Wildman–Crippen MR) is 85.2 cm³/mol. The van der Waals surface area contributed by atoms with E-state index in [4.69, 9.17) is 0 Å². The van der Waals surface area contributed by atoms with Gasteiger partial charge in [0, 0.05) is 0 Å². The van der Waals surface area contributed by atoms with E-state index in [1.54, 1.807) is 0 Å². The monoisotopic (exact) mass is 289 g/mol. The van der Waals surface area contributed by atoms with Gasteiger partial charge in [-0.15, -0.1) is 0 Å². The van der Waals surface area contributed by atoms with Crippen molar-refractivity contribution in [1.82, 2.24) is 5.32 Å². The van der Waals surface area contributed by atoms with E-state index in [9.17, 15) is 9.90 Å². The molecule has 0 saturated heterocycles. The highest BCUT2D eigenvalue weighted by Crippen LogP contribution is 2.31. The zero-order valence-corrected chi connectivity index (χ0v) is 13.4. The summed E-state index contributed by atoms with van der Waals surface area (Å²) in [6.07, 6.45) is 4.29. The molecule has 0 bridgehead atoms. The molecule has 1 aliphatic rings. The highest BCUT2D eigenvalue weighted by molar-refractivity contribution is 5.79. The lowest BCUT2D eigenvalue weighted by Crippen LogP contribution is -2.53. The Morgan fingerprint density at radius 1 is 1.29 bits per heavy atom. The average Bonchev–Trinajstić information content (AvgIpc) is 2.46. The minimum Gasteiger partial charge on any atom is -0.394 e. The van der Waals surface area contributed by atoms with E-state index >= 15 is 0 Å². The van der Waals surface area contributed by atoms with Crippen molar-refractivity contribution in [2.45, 2.75) is 58.4 Å². The van der Waals surface area contributed by atoms with Crippen LogP contribution in [0.4, 0.5) is 0 Å². The molecule has 0 aliphatic heterocycles. The highest BCUT2D eigenvalue weighted by Gasteiger charge is 2.34. The zero-order chi connectivity index (χ0) is 15.5. The van der Waals surface area contributed by atoms with Crippen molar-refractivity contribution in [1.29, 1.82) is 0 Å². The summed E-state index contributed by atoms with van der Waals surface area (Å²) >= 11 is 0. The maximum Gasteiger partial charge on any atom is 0.224 e. The molecule has 0 radical (unpaired) electrons. The lowest BCUT2D eigenvalue weighted by Gasteiger charge is -2.38. The van der Waals surface area contributed by atoms with Gasteiger partial charge in [0.05, 0.1) is 18.6 Å².